The van der Waals surface area contributed by atoms with Crippen molar-refractivity contribution in [2.45, 2.75) is 45.2 Å². The maximum atomic E-state index is 8.51. The van der Waals surface area contributed by atoms with Crippen molar-refractivity contribution in [1.29, 1.82) is 5.26 Å². The van der Waals surface area contributed by atoms with Gasteiger partial charge in [0.1, 0.15) is 11.8 Å². The van der Waals surface area contributed by atoms with E-state index in [1.807, 2.05) is 24.3 Å². The molecule has 1 aliphatic rings. The number of ether oxygens (including phenoxy) is 1. The van der Waals surface area contributed by atoms with Gasteiger partial charge in [-0.2, -0.15) is 5.26 Å². The highest BCUT2D eigenvalue weighted by atomic mass is 16.5. The lowest BCUT2D eigenvalue weighted by atomic mass is 9.99. The topological polar surface area (TPSA) is 45.0 Å². The predicted octanol–water partition coefficient (Wildman–Crippen LogP) is 3.26. The van der Waals surface area contributed by atoms with Crippen LogP contribution in [0, 0.1) is 17.2 Å². The zero-order valence-electron chi connectivity index (χ0n) is 11.6. The molecule has 0 unspecified atom stereocenters. The van der Waals surface area contributed by atoms with Crippen molar-refractivity contribution >= 4 is 0 Å². The van der Waals surface area contributed by atoms with Gasteiger partial charge in [-0.3, -0.25) is 0 Å². The quantitative estimate of drug-likeness (QED) is 0.852. The van der Waals surface area contributed by atoms with E-state index in [9.17, 15) is 0 Å². The predicted molar refractivity (Wildman–Crippen MR) is 75.8 cm³/mol. The molecule has 0 spiro atoms. The summed E-state index contributed by atoms with van der Waals surface area (Å²) in [6.45, 7) is 3.25. The normalized spacial score (nSPS) is 17.1. The molecule has 3 nitrogen and oxygen atoms in total. The van der Waals surface area contributed by atoms with Crippen LogP contribution in [-0.4, -0.2) is 12.6 Å². The second-order valence-electron chi connectivity index (χ2n) is 5.31. The van der Waals surface area contributed by atoms with Crippen LogP contribution in [0.3, 0.4) is 0 Å². The van der Waals surface area contributed by atoms with Crippen LogP contribution in [0.5, 0.6) is 5.75 Å². The van der Waals surface area contributed by atoms with E-state index in [1.165, 1.54) is 31.2 Å². The lowest BCUT2D eigenvalue weighted by Crippen LogP contribution is -2.31. The molecule has 0 heterocycles. The summed E-state index contributed by atoms with van der Waals surface area (Å²) in [5.74, 6) is 1.60. The Morgan fingerprint density at radius 1 is 1.42 bits per heavy atom. The summed E-state index contributed by atoms with van der Waals surface area (Å²) in [7, 11) is 0. The smallest absolute Gasteiger partial charge is 0.174 e. The first kappa shape index (κ1) is 13.9. The van der Waals surface area contributed by atoms with E-state index in [0.717, 1.165) is 18.2 Å². The average molecular weight is 258 g/mol. The van der Waals surface area contributed by atoms with E-state index >= 15 is 0 Å². The molecule has 0 aliphatic heterocycles. The third-order valence-electron chi connectivity index (χ3n) is 3.94. The first-order valence-corrected chi connectivity index (χ1v) is 7.11. The van der Waals surface area contributed by atoms with Gasteiger partial charge in [-0.25, -0.2) is 0 Å². The molecule has 1 fully saturated rings. The Morgan fingerprint density at radius 2 is 2.21 bits per heavy atom. The van der Waals surface area contributed by atoms with Crippen molar-refractivity contribution in [3.63, 3.8) is 0 Å². The fourth-order valence-electron chi connectivity index (χ4n) is 2.76. The van der Waals surface area contributed by atoms with Crippen molar-refractivity contribution < 1.29 is 4.74 Å². The summed E-state index contributed by atoms with van der Waals surface area (Å²) in [6, 6.07) is 10.5. The molecule has 102 valence electrons. The van der Waals surface area contributed by atoms with E-state index in [-0.39, 0.29) is 6.61 Å². The number of nitrogens with zero attached hydrogens (tertiary/aromatic N) is 1. The van der Waals surface area contributed by atoms with Crippen LogP contribution < -0.4 is 10.1 Å². The number of nitrogens with one attached hydrogen (secondary N) is 1. The minimum atomic E-state index is 0.107. The van der Waals surface area contributed by atoms with Gasteiger partial charge >= 0.3 is 0 Å². The van der Waals surface area contributed by atoms with Crippen molar-refractivity contribution in [3.8, 4) is 11.8 Å². The molecule has 3 heteroatoms. The third-order valence-corrected chi connectivity index (χ3v) is 3.94. The van der Waals surface area contributed by atoms with Gasteiger partial charge < -0.3 is 10.1 Å². The van der Waals surface area contributed by atoms with Crippen LogP contribution in [0.15, 0.2) is 24.3 Å². The second-order valence-corrected chi connectivity index (χ2v) is 5.31. The van der Waals surface area contributed by atoms with E-state index < -0.39 is 0 Å². The fourth-order valence-corrected chi connectivity index (χ4v) is 2.76. The molecular formula is C16H22N2O. The van der Waals surface area contributed by atoms with E-state index in [4.69, 9.17) is 10.00 Å². The van der Waals surface area contributed by atoms with E-state index in [1.54, 1.807) is 0 Å². The van der Waals surface area contributed by atoms with Crippen molar-refractivity contribution in [2.75, 3.05) is 6.61 Å². The zero-order valence-corrected chi connectivity index (χ0v) is 11.6. The van der Waals surface area contributed by atoms with Gasteiger partial charge in [-0.15, -0.1) is 0 Å². The minimum Gasteiger partial charge on any atom is -0.479 e. The molecule has 1 N–H and O–H groups in total. The summed E-state index contributed by atoms with van der Waals surface area (Å²) in [4.78, 5) is 0. The van der Waals surface area contributed by atoms with Gasteiger partial charge in [0.05, 0.1) is 0 Å². The molecule has 1 aromatic rings. The first-order chi connectivity index (χ1) is 9.29. The summed E-state index contributed by atoms with van der Waals surface area (Å²) in [6.07, 6.45) is 5.49. The first-order valence-electron chi connectivity index (χ1n) is 7.11. The van der Waals surface area contributed by atoms with Crippen LogP contribution >= 0.6 is 0 Å². The minimum absolute atomic E-state index is 0.107. The molecule has 0 aromatic heterocycles. The molecule has 19 heavy (non-hydrogen) atoms. The Labute approximate surface area is 115 Å². The largest absolute Gasteiger partial charge is 0.479 e. The fraction of sp³-hybridized carbons (Fsp3) is 0.562. The van der Waals surface area contributed by atoms with Crippen molar-refractivity contribution in [2.24, 2.45) is 5.92 Å². The summed E-state index contributed by atoms with van der Waals surface area (Å²) in [5, 5.41) is 12.1. The molecule has 1 aliphatic carbocycles. The highest BCUT2D eigenvalue weighted by Gasteiger charge is 2.20. The summed E-state index contributed by atoms with van der Waals surface area (Å²) < 4.78 is 5.31. The summed E-state index contributed by atoms with van der Waals surface area (Å²) >= 11 is 0. The van der Waals surface area contributed by atoms with Crippen LogP contribution in [-0.2, 0) is 6.54 Å². The van der Waals surface area contributed by atoms with Gasteiger partial charge in [-0.1, -0.05) is 25.0 Å². The maximum absolute atomic E-state index is 8.51. The molecule has 0 bridgehead atoms. The highest BCUT2D eigenvalue weighted by Crippen LogP contribution is 2.27. The summed E-state index contributed by atoms with van der Waals surface area (Å²) in [5.41, 5.74) is 1.21. The molecule has 0 radical (unpaired) electrons. The van der Waals surface area contributed by atoms with Gasteiger partial charge in [0.25, 0.3) is 0 Å². The number of hydrogen-bond donors (Lipinski definition) is 1. The van der Waals surface area contributed by atoms with Crippen LogP contribution in [0.1, 0.15) is 38.2 Å². The standard InChI is InChI=1S/C16H22N2O/c1-13(15-6-2-3-7-15)18-12-14-5-4-8-16(11-14)19-10-9-17/h4-5,8,11,13,15,18H,2-3,6-7,10,12H2,1H3/t13-/m0/s1. The Kier molecular flexibility index (Phi) is 5.23. The third kappa shape index (κ3) is 4.25. The molecule has 2 rings (SSSR count). The Morgan fingerprint density at radius 3 is 2.95 bits per heavy atom. The Balaban J connectivity index is 1.83. The zero-order chi connectivity index (χ0) is 13.5. The van der Waals surface area contributed by atoms with Gasteiger partial charge in [0, 0.05) is 12.6 Å². The van der Waals surface area contributed by atoms with E-state index in [0.29, 0.717) is 6.04 Å². The van der Waals surface area contributed by atoms with Crippen LogP contribution in [0.25, 0.3) is 0 Å². The van der Waals surface area contributed by atoms with Crippen LogP contribution in [0.2, 0.25) is 0 Å². The van der Waals surface area contributed by atoms with Crippen molar-refractivity contribution in [1.82, 2.24) is 5.32 Å². The van der Waals surface area contributed by atoms with Crippen molar-refractivity contribution in [3.05, 3.63) is 29.8 Å². The second kappa shape index (κ2) is 7.16. The lowest BCUT2D eigenvalue weighted by Gasteiger charge is -2.20. The molecule has 1 saturated carbocycles. The van der Waals surface area contributed by atoms with Gasteiger partial charge in [0.2, 0.25) is 0 Å². The van der Waals surface area contributed by atoms with Gasteiger partial charge in [0.15, 0.2) is 6.61 Å². The number of nitriles is 1. The maximum Gasteiger partial charge on any atom is 0.174 e. The lowest BCUT2D eigenvalue weighted by molar-refractivity contribution is 0.365. The number of benzene rings is 1. The molecule has 1 aromatic carbocycles. The molecule has 1 atom stereocenters. The van der Waals surface area contributed by atoms with Crippen LogP contribution in [0.4, 0.5) is 0 Å². The van der Waals surface area contributed by atoms with E-state index in [2.05, 4.69) is 18.3 Å². The number of hydrogen-bond acceptors (Lipinski definition) is 3. The molecule has 0 saturated heterocycles. The Hall–Kier alpha value is -1.53. The monoisotopic (exact) mass is 258 g/mol. The SMILES string of the molecule is C[C@H](NCc1cccc(OCC#N)c1)C1CCCC1. The molecule has 0 amide bonds. The number of rotatable bonds is 6. The Bertz CT molecular complexity index is 433. The molecular weight excluding hydrogens is 236 g/mol. The van der Waals surface area contributed by atoms with Gasteiger partial charge in [-0.05, 0) is 43.4 Å². The average Bonchev–Trinajstić information content (AvgIpc) is 2.97. The highest BCUT2D eigenvalue weighted by molar-refractivity contribution is 5.28.